The Balaban J connectivity index is 2.34. The van der Waals surface area contributed by atoms with E-state index in [4.69, 9.17) is 0 Å². The SMILES string of the molecule is C/C=C/C(=O)N1Cc2ccccc2C[C@H]1C(=O)O. The molecule has 0 radical (unpaired) electrons. The van der Waals surface area contributed by atoms with E-state index in [9.17, 15) is 14.7 Å². The Morgan fingerprint density at radius 3 is 2.61 bits per heavy atom. The first-order valence-corrected chi connectivity index (χ1v) is 5.86. The summed E-state index contributed by atoms with van der Waals surface area (Å²) in [6.45, 7) is 2.10. The molecule has 0 bridgehead atoms. The third kappa shape index (κ3) is 2.27. The minimum absolute atomic E-state index is 0.251. The van der Waals surface area contributed by atoms with Crippen LogP contribution in [0.25, 0.3) is 0 Å². The van der Waals surface area contributed by atoms with Gasteiger partial charge in [-0.2, -0.15) is 0 Å². The molecule has 0 aromatic heterocycles. The van der Waals surface area contributed by atoms with E-state index in [0.717, 1.165) is 11.1 Å². The first kappa shape index (κ1) is 12.4. The summed E-state index contributed by atoms with van der Waals surface area (Å²) in [6.07, 6.45) is 3.40. The van der Waals surface area contributed by atoms with Crippen LogP contribution in [-0.2, 0) is 22.6 Å². The number of aliphatic carboxylic acids is 1. The van der Waals surface area contributed by atoms with Gasteiger partial charge in [0.05, 0.1) is 0 Å². The molecule has 1 N–H and O–H groups in total. The zero-order valence-corrected chi connectivity index (χ0v) is 10.2. The monoisotopic (exact) mass is 245 g/mol. The molecule has 1 aliphatic rings. The van der Waals surface area contributed by atoms with Gasteiger partial charge in [0, 0.05) is 13.0 Å². The van der Waals surface area contributed by atoms with Crippen LogP contribution in [0.2, 0.25) is 0 Å². The summed E-state index contributed by atoms with van der Waals surface area (Å²) in [6, 6.07) is 6.87. The van der Waals surface area contributed by atoms with E-state index < -0.39 is 12.0 Å². The van der Waals surface area contributed by atoms with E-state index in [1.807, 2.05) is 24.3 Å². The van der Waals surface area contributed by atoms with Crippen molar-refractivity contribution < 1.29 is 14.7 Å². The zero-order chi connectivity index (χ0) is 13.1. The largest absolute Gasteiger partial charge is 0.480 e. The third-order valence-electron chi connectivity index (χ3n) is 3.13. The molecule has 94 valence electrons. The van der Waals surface area contributed by atoms with E-state index in [-0.39, 0.29) is 5.91 Å². The number of carbonyl (C=O) groups is 2. The topological polar surface area (TPSA) is 57.6 Å². The van der Waals surface area contributed by atoms with Crippen LogP contribution in [0.1, 0.15) is 18.1 Å². The zero-order valence-electron chi connectivity index (χ0n) is 10.2. The van der Waals surface area contributed by atoms with Crippen molar-refractivity contribution in [2.24, 2.45) is 0 Å². The lowest BCUT2D eigenvalue weighted by atomic mass is 9.94. The van der Waals surface area contributed by atoms with Gasteiger partial charge in [-0.25, -0.2) is 4.79 Å². The average Bonchev–Trinajstić information content (AvgIpc) is 2.37. The number of nitrogens with zero attached hydrogens (tertiary/aromatic N) is 1. The lowest BCUT2D eigenvalue weighted by Gasteiger charge is -2.33. The molecule has 0 unspecified atom stereocenters. The molecule has 2 rings (SSSR count). The molecular weight excluding hydrogens is 230 g/mol. The van der Waals surface area contributed by atoms with Gasteiger partial charge in [-0.15, -0.1) is 0 Å². The number of amides is 1. The molecule has 4 heteroatoms. The smallest absolute Gasteiger partial charge is 0.326 e. The number of allylic oxidation sites excluding steroid dienone is 1. The molecular formula is C14H15NO3. The average molecular weight is 245 g/mol. The van der Waals surface area contributed by atoms with Crippen LogP contribution in [0.4, 0.5) is 0 Å². The van der Waals surface area contributed by atoms with Gasteiger partial charge in [0.25, 0.3) is 0 Å². The molecule has 1 aliphatic heterocycles. The van der Waals surface area contributed by atoms with Crippen LogP contribution in [0.15, 0.2) is 36.4 Å². The van der Waals surface area contributed by atoms with E-state index in [2.05, 4.69) is 0 Å². The molecule has 0 spiro atoms. The molecule has 0 aliphatic carbocycles. The first-order valence-electron chi connectivity index (χ1n) is 5.86. The molecule has 1 atom stereocenters. The summed E-state index contributed by atoms with van der Waals surface area (Å²) in [5, 5.41) is 9.23. The van der Waals surface area contributed by atoms with Gasteiger partial charge in [0.1, 0.15) is 6.04 Å². The predicted molar refractivity (Wildman–Crippen MR) is 66.9 cm³/mol. The molecule has 0 saturated heterocycles. The van der Waals surface area contributed by atoms with Crippen LogP contribution >= 0.6 is 0 Å². The number of hydrogen-bond acceptors (Lipinski definition) is 2. The Hall–Kier alpha value is -2.10. The minimum Gasteiger partial charge on any atom is -0.480 e. The van der Waals surface area contributed by atoms with Gasteiger partial charge >= 0.3 is 5.97 Å². The standard InChI is InChI=1S/C14H15NO3/c1-2-5-13(16)15-9-11-7-4-3-6-10(11)8-12(15)14(17)18/h2-7,12H,8-9H2,1H3,(H,17,18)/b5-2+/t12-/m0/s1. The molecule has 1 aromatic carbocycles. The summed E-state index contributed by atoms with van der Waals surface area (Å²) in [7, 11) is 0. The summed E-state index contributed by atoms with van der Waals surface area (Å²) < 4.78 is 0. The van der Waals surface area contributed by atoms with E-state index in [0.29, 0.717) is 13.0 Å². The number of fused-ring (bicyclic) bond motifs is 1. The van der Waals surface area contributed by atoms with Gasteiger partial charge in [-0.05, 0) is 24.1 Å². The Morgan fingerprint density at radius 1 is 1.33 bits per heavy atom. The second-order valence-electron chi connectivity index (χ2n) is 4.29. The van der Waals surface area contributed by atoms with Crippen molar-refractivity contribution in [3.05, 3.63) is 47.5 Å². The molecule has 1 amide bonds. The maximum absolute atomic E-state index is 11.9. The fraction of sp³-hybridized carbons (Fsp3) is 0.286. The summed E-state index contributed by atoms with van der Waals surface area (Å²) in [5.74, 6) is -1.21. The Kier molecular flexibility index (Phi) is 3.46. The molecule has 0 fully saturated rings. The Labute approximate surface area is 106 Å². The highest BCUT2D eigenvalue weighted by atomic mass is 16.4. The van der Waals surface area contributed by atoms with Gasteiger partial charge in [-0.1, -0.05) is 30.3 Å². The second kappa shape index (κ2) is 5.04. The van der Waals surface area contributed by atoms with Gasteiger partial charge in [-0.3, -0.25) is 4.79 Å². The predicted octanol–water partition coefficient (Wildman–Crippen LogP) is 1.60. The quantitative estimate of drug-likeness (QED) is 0.805. The highest BCUT2D eigenvalue weighted by Gasteiger charge is 2.33. The fourth-order valence-electron chi connectivity index (χ4n) is 2.21. The lowest BCUT2D eigenvalue weighted by Crippen LogP contribution is -2.48. The first-order chi connectivity index (χ1) is 8.63. The molecule has 1 aromatic rings. The highest BCUT2D eigenvalue weighted by Crippen LogP contribution is 2.23. The van der Waals surface area contributed by atoms with Crippen LogP contribution in [-0.4, -0.2) is 27.9 Å². The molecule has 1 heterocycles. The summed E-state index contributed by atoms with van der Waals surface area (Å²) >= 11 is 0. The van der Waals surface area contributed by atoms with Crippen LogP contribution in [0.5, 0.6) is 0 Å². The van der Waals surface area contributed by atoms with Gasteiger partial charge in [0.15, 0.2) is 0 Å². The van der Waals surface area contributed by atoms with Crippen molar-refractivity contribution in [1.82, 2.24) is 4.90 Å². The van der Waals surface area contributed by atoms with Crippen molar-refractivity contribution in [1.29, 1.82) is 0 Å². The number of hydrogen-bond donors (Lipinski definition) is 1. The van der Waals surface area contributed by atoms with Gasteiger partial charge < -0.3 is 10.0 Å². The maximum atomic E-state index is 11.9. The van der Waals surface area contributed by atoms with Crippen molar-refractivity contribution in [2.75, 3.05) is 0 Å². The van der Waals surface area contributed by atoms with Crippen molar-refractivity contribution >= 4 is 11.9 Å². The summed E-state index contributed by atoms with van der Waals surface area (Å²) in [5.41, 5.74) is 2.03. The van der Waals surface area contributed by atoms with Crippen LogP contribution in [0, 0.1) is 0 Å². The van der Waals surface area contributed by atoms with Crippen LogP contribution < -0.4 is 0 Å². The number of rotatable bonds is 2. The van der Waals surface area contributed by atoms with E-state index in [1.165, 1.54) is 11.0 Å². The maximum Gasteiger partial charge on any atom is 0.326 e. The number of benzene rings is 1. The normalized spacial score (nSPS) is 18.7. The molecule has 0 saturated carbocycles. The van der Waals surface area contributed by atoms with Crippen molar-refractivity contribution in [3.8, 4) is 0 Å². The minimum atomic E-state index is -0.956. The van der Waals surface area contributed by atoms with Gasteiger partial charge in [0.2, 0.25) is 5.91 Å². The van der Waals surface area contributed by atoms with E-state index >= 15 is 0 Å². The second-order valence-corrected chi connectivity index (χ2v) is 4.29. The van der Waals surface area contributed by atoms with E-state index in [1.54, 1.807) is 13.0 Å². The van der Waals surface area contributed by atoms with Crippen molar-refractivity contribution in [2.45, 2.75) is 25.9 Å². The molecule has 18 heavy (non-hydrogen) atoms. The van der Waals surface area contributed by atoms with Crippen LogP contribution in [0.3, 0.4) is 0 Å². The Bertz CT molecular complexity index is 508. The van der Waals surface area contributed by atoms with Crippen molar-refractivity contribution in [3.63, 3.8) is 0 Å². The summed E-state index contributed by atoms with van der Waals surface area (Å²) in [4.78, 5) is 24.6. The number of carbonyl (C=O) groups excluding carboxylic acids is 1. The number of carboxylic acid groups (broad SMARTS) is 1. The highest BCUT2D eigenvalue weighted by molar-refractivity contribution is 5.91. The third-order valence-corrected chi connectivity index (χ3v) is 3.13. The number of carboxylic acids is 1. The fourth-order valence-corrected chi connectivity index (χ4v) is 2.21. The lowest BCUT2D eigenvalue weighted by molar-refractivity contribution is -0.149. The molecule has 4 nitrogen and oxygen atoms in total. The Morgan fingerprint density at radius 2 is 2.00 bits per heavy atom.